The molecule has 2 N–H and O–H groups in total. The Hall–Kier alpha value is -3.86. The van der Waals surface area contributed by atoms with Crippen LogP contribution in [0.1, 0.15) is 19.5 Å². The third-order valence-corrected chi connectivity index (χ3v) is 5.77. The number of aromatic nitrogens is 5. The summed E-state index contributed by atoms with van der Waals surface area (Å²) in [4.78, 5) is 38.8. The number of urea groups is 1. The normalized spacial score (nSPS) is 10.8. The minimum atomic E-state index is -0.640. The molecule has 2 amide bonds. The number of rotatable bonds is 6. The largest absolute Gasteiger partial charge is 0.434 e. The predicted octanol–water partition coefficient (Wildman–Crippen LogP) is 3.79. The molecule has 4 heterocycles. The summed E-state index contributed by atoms with van der Waals surface area (Å²) in [6.07, 6.45) is 4.91. The van der Waals surface area contributed by atoms with Crippen LogP contribution in [0.25, 0.3) is 33.2 Å². The van der Waals surface area contributed by atoms with Crippen molar-refractivity contribution < 1.29 is 9.21 Å². The maximum Gasteiger partial charge on any atom is 0.434 e. The van der Waals surface area contributed by atoms with Gasteiger partial charge in [-0.05, 0) is 32.9 Å². The highest BCUT2D eigenvalue weighted by Crippen LogP contribution is 2.35. The molecule has 0 bridgehead atoms. The Balaban J connectivity index is 1.77. The molecule has 0 aromatic carbocycles. The van der Waals surface area contributed by atoms with Crippen LogP contribution in [-0.2, 0) is 0 Å². The molecule has 0 spiro atoms. The van der Waals surface area contributed by atoms with Gasteiger partial charge in [-0.2, -0.15) is 0 Å². The number of nitrogens with one attached hydrogen (secondary N) is 2. The van der Waals surface area contributed by atoms with Crippen molar-refractivity contribution in [3.63, 3.8) is 0 Å². The van der Waals surface area contributed by atoms with E-state index in [4.69, 9.17) is 4.42 Å². The second-order valence-corrected chi connectivity index (χ2v) is 7.75. The van der Waals surface area contributed by atoms with Crippen LogP contribution in [0, 0.1) is 6.92 Å². The van der Waals surface area contributed by atoms with Crippen LogP contribution in [-0.4, -0.2) is 49.2 Å². The van der Waals surface area contributed by atoms with Gasteiger partial charge in [-0.3, -0.25) is 10.3 Å². The number of pyridine rings is 2. The Morgan fingerprint density at radius 1 is 1.16 bits per heavy atom. The molecule has 4 rings (SSSR count). The number of aromatic amines is 1. The van der Waals surface area contributed by atoms with Crippen molar-refractivity contribution in [1.82, 2.24) is 30.0 Å². The van der Waals surface area contributed by atoms with E-state index in [1.54, 1.807) is 35.6 Å². The molecule has 4 aromatic heterocycles. The average molecular weight is 452 g/mol. The highest BCUT2D eigenvalue weighted by Gasteiger charge is 2.17. The molecule has 11 heteroatoms. The number of thiazole rings is 1. The smallest absolute Gasteiger partial charge is 0.388 e. The van der Waals surface area contributed by atoms with Gasteiger partial charge < -0.3 is 9.32 Å². The molecule has 0 unspecified atom stereocenters. The first-order valence-electron chi connectivity index (χ1n) is 9.98. The molecule has 0 atom stereocenters. The Morgan fingerprint density at radius 3 is 2.59 bits per heavy atom. The van der Waals surface area contributed by atoms with Gasteiger partial charge in [0.15, 0.2) is 0 Å². The van der Waals surface area contributed by atoms with Gasteiger partial charge in [-0.25, -0.2) is 24.7 Å². The van der Waals surface area contributed by atoms with E-state index in [2.05, 4.69) is 30.5 Å². The highest BCUT2D eigenvalue weighted by atomic mass is 32.1. The Morgan fingerprint density at radius 2 is 1.94 bits per heavy atom. The molecule has 0 aliphatic heterocycles. The molecule has 0 saturated heterocycles. The first kappa shape index (κ1) is 21.4. The SMILES string of the molecule is CCN(CC)C(=O)Nc1cc(-c2nc(C)cs2)c(-c2cncc(-c3n[nH]c(=O)o3)c2)cn1. The Bertz CT molecular complexity index is 1310. The van der Waals surface area contributed by atoms with E-state index in [1.807, 2.05) is 26.2 Å². The van der Waals surface area contributed by atoms with Crippen molar-refractivity contribution in [3.05, 3.63) is 52.3 Å². The number of nitrogens with zero attached hydrogens (tertiary/aromatic N) is 5. The second kappa shape index (κ2) is 9.10. The van der Waals surface area contributed by atoms with Gasteiger partial charge >= 0.3 is 11.8 Å². The third-order valence-electron chi connectivity index (χ3n) is 4.77. The van der Waals surface area contributed by atoms with Crippen LogP contribution in [0.15, 0.2) is 45.3 Å². The monoisotopic (exact) mass is 451 g/mol. The molecule has 0 aliphatic carbocycles. The maximum absolute atomic E-state index is 12.5. The summed E-state index contributed by atoms with van der Waals surface area (Å²) in [5.74, 6) is -0.0673. The van der Waals surface area contributed by atoms with E-state index in [1.165, 1.54) is 11.3 Å². The fraction of sp³-hybridized carbons (Fsp3) is 0.238. The Labute approximate surface area is 187 Å². The molecular weight excluding hydrogens is 430 g/mol. The first-order chi connectivity index (χ1) is 15.5. The molecule has 4 aromatic rings. The highest BCUT2D eigenvalue weighted by molar-refractivity contribution is 7.13. The molecule has 0 saturated carbocycles. The van der Waals surface area contributed by atoms with E-state index < -0.39 is 5.76 Å². The van der Waals surface area contributed by atoms with Gasteiger partial charge in [0.1, 0.15) is 10.8 Å². The number of carbonyl (C=O) groups excluding carboxylic acids is 1. The lowest BCUT2D eigenvalue weighted by molar-refractivity contribution is 0.217. The van der Waals surface area contributed by atoms with Crippen LogP contribution in [0.4, 0.5) is 10.6 Å². The van der Waals surface area contributed by atoms with Gasteiger partial charge in [-0.15, -0.1) is 16.4 Å². The molecule has 0 radical (unpaired) electrons. The van der Waals surface area contributed by atoms with Crippen LogP contribution >= 0.6 is 11.3 Å². The van der Waals surface area contributed by atoms with E-state index in [0.29, 0.717) is 24.5 Å². The summed E-state index contributed by atoms with van der Waals surface area (Å²) in [5, 5.41) is 11.7. The minimum absolute atomic E-state index is 0.145. The van der Waals surface area contributed by atoms with E-state index in [0.717, 1.165) is 27.4 Å². The number of aryl methyl sites for hydroxylation is 1. The van der Waals surface area contributed by atoms with E-state index in [9.17, 15) is 9.59 Å². The summed E-state index contributed by atoms with van der Waals surface area (Å²) in [7, 11) is 0. The lowest BCUT2D eigenvalue weighted by atomic mass is 10.0. The van der Waals surface area contributed by atoms with Crippen LogP contribution < -0.4 is 11.1 Å². The number of carbonyl (C=O) groups is 1. The van der Waals surface area contributed by atoms with Crippen molar-refractivity contribution in [2.24, 2.45) is 0 Å². The van der Waals surface area contributed by atoms with E-state index >= 15 is 0 Å². The van der Waals surface area contributed by atoms with Crippen molar-refractivity contribution in [2.45, 2.75) is 20.8 Å². The fourth-order valence-corrected chi connectivity index (χ4v) is 3.99. The van der Waals surface area contributed by atoms with Gasteiger partial charge in [0.2, 0.25) is 0 Å². The lowest BCUT2D eigenvalue weighted by Gasteiger charge is -2.19. The number of amides is 2. The van der Waals surface area contributed by atoms with E-state index in [-0.39, 0.29) is 11.9 Å². The van der Waals surface area contributed by atoms with Crippen molar-refractivity contribution in [3.8, 4) is 33.2 Å². The van der Waals surface area contributed by atoms with Gasteiger partial charge in [0.25, 0.3) is 5.89 Å². The van der Waals surface area contributed by atoms with Crippen LogP contribution in [0.2, 0.25) is 0 Å². The topological polar surface area (TPSA) is 130 Å². The second-order valence-electron chi connectivity index (χ2n) is 6.89. The summed E-state index contributed by atoms with van der Waals surface area (Å²) in [6.45, 7) is 6.96. The number of hydrogen-bond donors (Lipinski definition) is 2. The number of H-pyrrole nitrogens is 1. The lowest BCUT2D eigenvalue weighted by Crippen LogP contribution is -2.34. The third kappa shape index (κ3) is 4.42. The summed E-state index contributed by atoms with van der Waals surface area (Å²) >= 11 is 1.50. The molecule has 10 nitrogen and oxygen atoms in total. The zero-order valence-electron chi connectivity index (χ0n) is 17.7. The minimum Gasteiger partial charge on any atom is -0.388 e. The van der Waals surface area contributed by atoms with Gasteiger partial charge in [-0.1, -0.05) is 0 Å². The quantitative estimate of drug-likeness (QED) is 0.456. The zero-order chi connectivity index (χ0) is 22.7. The standard InChI is InChI=1S/C21H21N7O3S/c1-4-28(5-2)20(29)25-17-7-15(19-24-12(3)11-32-19)16(10-23-17)13-6-14(9-22-8-13)18-26-27-21(30)31-18/h6-11H,4-5H2,1-3H3,(H,27,30)(H,23,25,29). The van der Waals surface area contributed by atoms with Crippen molar-refractivity contribution in [2.75, 3.05) is 18.4 Å². The maximum atomic E-state index is 12.5. The molecule has 32 heavy (non-hydrogen) atoms. The van der Waals surface area contributed by atoms with Crippen molar-refractivity contribution >= 4 is 23.2 Å². The summed E-state index contributed by atoms with van der Waals surface area (Å²) in [6, 6.07) is 3.39. The molecular formula is C21H21N7O3S. The van der Waals surface area contributed by atoms with Gasteiger partial charge in [0.05, 0.1) is 5.56 Å². The van der Waals surface area contributed by atoms with Gasteiger partial charge in [0, 0.05) is 59.4 Å². The first-order valence-corrected chi connectivity index (χ1v) is 10.9. The number of anilines is 1. The van der Waals surface area contributed by atoms with Crippen molar-refractivity contribution in [1.29, 1.82) is 0 Å². The average Bonchev–Trinajstić information content (AvgIpc) is 3.43. The molecule has 164 valence electrons. The summed E-state index contributed by atoms with van der Waals surface area (Å²) < 4.78 is 5.04. The molecule has 0 aliphatic rings. The van der Waals surface area contributed by atoms with Crippen LogP contribution in [0.3, 0.4) is 0 Å². The zero-order valence-corrected chi connectivity index (χ0v) is 18.6. The predicted molar refractivity (Wildman–Crippen MR) is 121 cm³/mol. The summed E-state index contributed by atoms with van der Waals surface area (Å²) in [5.41, 5.74) is 3.75. The molecule has 0 fully saturated rings. The Kier molecular flexibility index (Phi) is 6.08. The number of hydrogen-bond acceptors (Lipinski definition) is 8. The fourth-order valence-electron chi connectivity index (χ4n) is 3.17. The van der Waals surface area contributed by atoms with Crippen LogP contribution in [0.5, 0.6) is 0 Å².